The van der Waals surface area contributed by atoms with Gasteiger partial charge in [0.15, 0.2) is 0 Å². The van der Waals surface area contributed by atoms with Crippen molar-refractivity contribution in [2.24, 2.45) is 0 Å². The molecule has 0 aromatic heterocycles. The van der Waals surface area contributed by atoms with Gasteiger partial charge < -0.3 is 0 Å². The van der Waals surface area contributed by atoms with Crippen molar-refractivity contribution in [1.29, 1.82) is 0 Å². The van der Waals surface area contributed by atoms with Gasteiger partial charge in [0.05, 0.1) is 0 Å². The summed E-state index contributed by atoms with van der Waals surface area (Å²) in [6.45, 7) is 10.4. The van der Waals surface area contributed by atoms with E-state index in [4.69, 9.17) is 0 Å². The normalized spacial score (nSPS) is 13.1. The molecule has 0 fully saturated rings. The van der Waals surface area contributed by atoms with Crippen molar-refractivity contribution in [1.82, 2.24) is 0 Å². The van der Waals surface area contributed by atoms with Gasteiger partial charge >= 0.3 is 0 Å². The fraction of sp³-hybridized carbons (Fsp3) is 0.571. The van der Waals surface area contributed by atoms with Crippen molar-refractivity contribution in [2.75, 3.05) is 0 Å². The molecule has 0 atom stereocenters. The summed E-state index contributed by atoms with van der Waals surface area (Å²) in [7, 11) is 0. The number of allylic oxidation sites excluding steroid dienone is 5. The molecule has 0 unspecified atom stereocenters. The second kappa shape index (κ2) is 8.80. The summed E-state index contributed by atoms with van der Waals surface area (Å²) in [5.74, 6) is 0. The number of hydrogen-bond acceptors (Lipinski definition) is 0. The van der Waals surface area contributed by atoms with Crippen LogP contribution in [0.4, 0.5) is 0 Å². The van der Waals surface area contributed by atoms with Gasteiger partial charge in [0.2, 0.25) is 0 Å². The minimum atomic E-state index is 1.03. The van der Waals surface area contributed by atoms with Crippen LogP contribution in [0.3, 0.4) is 0 Å². The molecule has 0 amide bonds. The highest BCUT2D eigenvalue weighted by molar-refractivity contribution is 5.05. The molecule has 0 spiro atoms. The van der Waals surface area contributed by atoms with E-state index in [0.717, 1.165) is 6.42 Å². The largest absolute Gasteiger partial charge is 0.103 e. The first-order valence-electron chi connectivity index (χ1n) is 5.62. The first-order chi connectivity index (χ1) is 6.70. The third kappa shape index (κ3) is 7.85. The number of rotatable bonds is 7. The average molecular weight is 192 g/mol. The summed E-state index contributed by atoms with van der Waals surface area (Å²) in [5, 5.41) is 0. The summed E-state index contributed by atoms with van der Waals surface area (Å²) in [5.41, 5.74) is 2.96. The van der Waals surface area contributed by atoms with Crippen LogP contribution in [0.25, 0.3) is 0 Å². The lowest BCUT2D eigenvalue weighted by Crippen LogP contribution is -1.79. The monoisotopic (exact) mass is 192 g/mol. The maximum absolute atomic E-state index is 3.73. The molecule has 0 nitrogen and oxygen atoms in total. The topological polar surface area (TPSA) is 0 Å². The second-order valence-corrected chi connectivity index (χ2v) is 3.92. The summed E-state index contributed by atoms with van der Waals surface area (Å²) in [4.78, 5) is 0. The van der Waals surface area contributed by atoms with Crippen molar-refractivity contribution in [3.05, 3.63) is 36.0 Å². The van der Waals surface area contributed by atoms with Crippen LogP contribution in [-0.4, -0.2) is 0 Å². The Morgan fingerprint density at radius 3 is 2.29 bits per heavy atom. The van der Waals surface area contributed by atoms with Gasteiger partial charge in [-0.25, -0.2) is 0 Å². The van der Waals surface area contributed by atoms with E-state index in [0.29, 0.717) is 0 Å². The molecule has 0 aromatic rings. The lowest BCUT2D eigenvalue weighted by molar-refractivity contribution is 0.906. The van der Waals surface area contributed by atoms with E-state index in [2.05, 4.69) is 39.5 Å². The van der Waals surface area contributed by atoms with Gasteiger partial charge in [-0.1, -0.05) is 42.7 Å². The van der Waals surface area contributed by atoms with Crippen LogP contribution in [-0.2, 0) is 0 Å². The van der Waals surface area contributed by atoms with Crippen molar-refractivity contribution >= 4 is 0 Å². The molecule has 0 aliphatic carbocycles. The second-order valence-electron chi connectivity index (χ2n) is 3.92. The predicted octanol–water partition coefficient (Wildman–Crippen LogP) is 5.04. The first kappa shape index (κ1) is 13.2. The van der Waals surface area contributed by atoms with Crippen LogP contribution in [0.15, 0.2) is 36.0 Å². The third-order valence-electron chi connectivity index (χ3n) is 2.28. The molecule has 0 aromatic carbocycles. The van der Waals surface area contributed by atoms with Gasteiger partial charge in [-0.2, -0.15) is 0 Å². The van der Waals surface area contributed by atoms with E-state index in [1.807, 2.05) is 6.08 Å². The highest BCUT2D eigenvalue weighted by Gasteiger charge is 1.89. The van der Waals surface area contributed by atoms with Crippen LogP contribution in [0.2, 0.25) is 0 Å². The summed E-state index contributed by atoms with van der Waals surface area (Å²) in [6, 6.07) is 0. The van der Waals surface area contributed by atoms with Crippen LogP contribution < -0.4 is 0 Å². The molecule has 0 radical (unpaired) electrons. The molecule has 0 aliphatic heterocycles. The van der Waals surface area contributed by atoms with Gasteiger partial charge in [-0.15, -0.1) is 6.58 Å². The lowest BCUT2D eigenvalue weighted by Gasteiger charge is -1.99. The molecular formula is C14H24. The molecule has 0 saturated heterocycles. The Hall–Kier alpha value is -0.780. The standard InChI is InChI=1S/C14H24/c1-5-7-10-14(4)12-8-11-13(3)9-6-2/h6,10-11H,2,5,7-9,12H2,1,3-4H3. The van der Waals surface area contributed by atoms with E-state index in [-0.39, 0.29) is 0 Å². The molecule has 80 valence electrons. The van der Waals surface area contributed by atoms with E-state index in [9.17, 15) is 0 Å². The zero-order valence-corrected chi connectivity index (χ0v) is 9.97. The van der Waals surface area contributed by atoms with E-state index in [1.165, 1.54) is 36.8 Å². The van der Waals surface area contributed by atoms with Crippen LogP contribution in [0.5, 0.6) is 0 Å². The Morgan fingerprint density at radius 1 is 1.07 bits per heavy atom. The quantitative estimate of drug-likeness (QED) is 0.496. The molecule has 0 heteroatoms. The van der Waals surface area contributed by atoms with Crippen molar-refractivity contribution in [3.63, 3.8) is 0 Å². The van der Waals surface area contributed by atoms with Crippen molar-refractivity contribution < 1.29 is 0 Å². The maximum atomic E-state index is 3.73. The molecular weight excluding hydrogens is 168 g/mol. The average Bonchev–Trinajstić information content (AvgIpc) is 2.15. The molecule has 0 rings (SSSR count). The molecule has 0 saturated carbocycles. The van der Waals surface area contributed by atoms with E-state index >= 15 is 0 Å². The van der Waals surface area contributed by atoms with Crippen LogP contribution in [0, 0.1) is 0 Å². The molecule has 0 aliphatic rings. The van der Waals surface area contributed by atoms with Crippen LogP contribution in [0.1, 0.15) is 52.9 Å². The Bertz CT molecular complexity index is 206. The summed E-state index contributed by atoms with van der Waals surface area (Å²) >= 11 is 0. The Kier molecular flexibility index (Phi) is 8.31. The number of unbranched alkanes of at least 4 members (excludes halogenated alkanes) is 1. The highest BCUT2D eigenvalue weighted by Crippen LogP contribution is 2.09. The smallest absolute Gasteiger partial charge is 0.0144 e. The van der Waals surface area contributed by atoms with Gasteiger partial charge in [0.25, 0.3) is 0 Å². The predicted molar refractivity (Wildman–Crippen MR) is 66.5 cm³/mol. The molecule has 0 N–H and O–H groups in total. The first-order valence-corrected chi connectivity index (χ1v) is 5.62. The number of hydrogen-bond donors (Lipinski definition) is 0. The minimum Gasteiger partial charge on any atom is -0.103 e. The van der Waals surface area contributed by atoms with Gasteiger partial charge in [0, 0.05) is 0 Å². The maximum Gasteiger partial charge on any atom is -0.0144 e. The fourth-order valence-corrected chi connectivity index (χ4v) is 1.35. The summed E-state index contributed by atoms with van der Waals surface area (Å²) < 4.78 is 0. The lowest BCUT2D eigenvalue weighted by atomic mass is 10.1. The molecule has 0 heterocycles. The fourth-order valence-electron chi connectivity index (χ4n) is 1.35. The Balaban J connectivity index is 3.71. The van der Waals surface area contributed by atoms with E-state index in [1.54, 1.807) is 0 Å². The molecule has 0 bridgehead atoms. The summed E-state index contributed by atoms with van der Waals surface area (Å²) in [6.07, 6.45) is 12.5. The SMILES string of the molecule is C=CCC(C)=CCCC(C)=CCCC. The Morgan fingerprint density at radius 2 is 1.71 bits per heavy atom. The molecule has 14 heavy (non-hydrogen) atoms. The van der Waals surface area contributed by atoms with Crippen molar-refractivity contribution in [3.8, 4) is 0 Å². The third-order valence-corrected chi connectivity index (χ3v) is 2.28. The zero-order valence-electron chi connectivity index (χ0n) is 9.97. The van der Waals surface area contributed by atoms with E-state index < -0.39 is 0 Å². The van der Waals surface area contributed by atoms with Gasteiger partial charge in [-0.3, -0.25) is 0 Å². The Labute approximate surface area is 89.4 Å². The van der Waals surface area contributed by atoms with Crippen molar-refractivity contribution in [2.45, 2.75) is 52.9 Å². The highest BCUT2D eigenvalue weighted by atomic mass is 14.0. The van der Waals surface area contributed by atoms with Gasteiger partial charge in [0.1, 0.15) is 0 Å². The zero-order chi connectivity index (χ0) is 10.8. The van der Waals surface area contributed by atoms with Crippen LogP contribution >= 0.6 is 0 Å². The van der Waals surface area contributed by atoms with Gasteiger partial charge in [-0.05, 0) is 39.5 Å². The minimum absolute atomic E-state index is 1.03.